The number of thioether (sulfide) groups is 1. The van der Waals surface area contributed by atoms with Gasteiger partial charge in [0.05, 0.1) is 16.1 Å². The zero-order chi connectivity index (χ0) is 11.7. The first-order valence-corrected chi connectivity index (χ1v) is 6.50. The van der Waals surface area contributed by atoms with E-state index in [-0.39, 0.29) is 5.02 Å². The maximum atomic E-state index is 13.3. The predicted octanol–water partition coefficient (Wildman–Crippen LogP) is 2.77. The Morgan fingerprint density at radius 3 is 3.00 bits per heavy atom. The monoisotopic (exact) mass is 259 g/mol. The summed E-state index contributed by atoms with van der Waals surface area (Å²) in [6, 6.07) is 2.87. The Kier molecular flexibility index (Phi) is 3.25. The van der Waals surface area contributed by atoms with E-state index in [4.69, 9.17) is 17.3 Å². The Hall–Kier alpha value is -0.940. The first kappa shape index (κ1) is 11.5. The molecule has 0 spiro atoms. The molecule has 0 bridgehead atoms. The van der Waals surface area contributed by atoms with Crippen molar-refractivity contribution in [3.05, 3.63) is 23.0 Å². The summed E-state index contributed by atoms with van der Waals surface area (Å²) in [5.41, 5.74) is 7.09. The molecule has 1 heterocycles. The third-order valence-electron chi connectivity index (χ3n) is 2.34. The molecule has 0 atom stereocenters. The number of benzene rings is 1. The molecule has 2 rings (SSSR count). The van der Waals surface area contributed by atoms with Crippen LogP contribution >= 0.6 is 23.4 Å². The van der Waals surface area contributed by atoms with Gasteiger partial charge in [0, 0.05) is 18.4 Å². The number of anilines is 1. The highest BCUT2D eigenvalue weighted by Gasteiger charge is 2.11. The van der Waals surface area contributed by atoms with Gasteiger partial charge in [0.2, 0.25) is 5.95 Å². The van der Waals surface area contributed by atoms with Crippen LogP contribution in [0.3, 0.4) is 0 Å². The van der Waals surface area contributed by atoms with Crippen molar-refractivity contribution in [2.75, 3.05) is 17.7 Å². The van der Waals surface area contributed by atoms with Crippen LogP contribution in [0.2, 0.25) is 5.02 Å². The summed E-state index contributed by atoms with van der Waals surface area (Å²) < 4.78 is 15.1. The van der Waals surface area contributed by atoms with E-state index in [0.717, 1.165) is 5.75 Å². The fourth-order valence-electron chi connectivity index (χ4n) is 1.56. The Balaban J connectivity index is 2.55. The lowest BCUT2D eigenvalue weighted by Crippen LogP contribution is -2.05. The van der Waals surface area contributed by atoms with Gasteiger partial charge in [0.1, 0.15) is 5.82 Å². The molecule has 16 heavy (non-hydrogen) atoms. The van der Waals surface area contributed by atoms with Gasteiger partial charge in [0.15, 0.2) is 0 Å². The Bertz CT molecular complexity index is 526. The highest BCUT2D eigenvalue weighted by atomic mass is 35.5. The number of hydrogen-bond donors (Lipinski definition) is 1. The second-order valence-corrected chi connectivity index (χ2v) is 4.76. The molecule has 1 aromatic carbocycles. The van der Waals surface area contributed by atoms with E-state index in [1.54, 1.807) is 16.3 Å². The number of hydrogen-bond acceptors (Lipinski definition) is 3. The Labute approximate surface area is 102 Å². The van der Waals surface area contributed by atoms with Crippen LogP contribution in [0.25, 0.3) is 11.0 Å². The normalized spacial score (nSPS) is 11.2. The van der Waals surface area contributed by atoms with Gasteiger partial charge in [-0.05, 0) is 12.3 Å². The average Bonchev–Trinajstić information content (AvgIpc) is 2.52. The van der Waals surface area contributed by atoms with Gasteiger partial charge in [-0.25, -0.2) is 9.37 Å². The highest BCUT2D eigenvalue weighted by molar-refractivity contribution is 7.98. The first-order chi connectivity index (χ1) is 7.63. The Morgan fingerprint density at radius 1 is 1.56 bits per heavy atom. The lowest BCUT2D eigenvalue weighted by Gasteiger charge is -2.04. The van der Waals surface area contributed by atoms with Crippen LogP contribution in [-0.4, -0.2) is 21.6 Å². The minimum atomic E-state index is -0.445. The fourth-order valence-corrected chi connectivity index (χ4v) is 2.08. The molecule has 2 N–H and O–H groups in total. The lowest BCUT2D eigenvalue weighted by molar-refractivity contribution is 0.629. The van der Waals surface area contributed by atoms with Gasteiger partial charge in [-0.15, -0.1) is 0 Å². The van der Waals surface area contributed by atoms with E-state index in [2.05, 4.69) is 4.98 Å². The minimum Gasteiger partial charge on any atom is -0.369 e. The van der Waals surface area contributed by atoms with Crippen molar-refractivity contribution in [2.45, 2.75) is 6.54 Å². The largest absolute Gasteiger partial charge is 0.369 e. The van der Waals surface area contributed by atoms with Gasteiger partial charge < -0.3 is 10.3 Å². The number of fused-ring (bicyclic) bond motifs is 1. The van der Waals surface area contributed by atoms with Crippen LogP contribution in [0.5, 0.6) is 0 Å². The molecular formula is C10H11ClFN3S. The number of rotatable bonds is 3. The fraction of sp³-hybridized carbons (Fsp3) is 0.300. The number of nitrogens with zero attached hydrogens (tertiary/aromatic N) is 2. The van der Waals surface area contributed by atoms with Crippen molar-refractivity contribution < 1.29 is 4.39 Å². The van der Waals surface area contributed by atoms with Crippen molar-refractivity contribution in [3.63, 3.8) is 0 Å². The molecule has 86 valence electrons. The van der Waals surface area contributed by atoms with E-state index in [9.17, 15) is 4.39 Å². The summed E-state index contributed by atoms with van der Waals surface area (Å²) in [6.07, 6.45) is 2.01. The number of nitrogens with two attached hydrogens (primary N) is 1. The molecule has 2 aromatic rings. The highest BCUT2D eigenvalue weighted by Crippen LogP contribution is 2.24. The summed E-state index contributed by atoms with van der Waals surface area (Å²) in [7, 11) is 0. The zero-order valence-electron chi connectivity index (χ0n) is 8.70. The van der Waals surface area contributed by atoms with Gasteiger partial charge >= 0.3 is 0 Å². The second-order valence-electron chi connectivity index (χ2n) is 3.37. The number of halogens is 2. The maximum absolute atomic E-state index is 13.3. The average molecular weight is 260 g/mol. The minimum absolute atomic E-state index is 0.0713. The summed E-state index contributed by atoms with van der Waals surface area (Å²) in [5, 5.41) is 0.0713. The lowest BCUT2D eigenvalue weighted by atomic mass is 10.3. The zero-order valence-corrected chi connectivity index (χ0v) is 10.3. The van der Waals surface area contributed by atoms with Crippen molar-refractivity contribution in [2.24, 2.45) is 0 Å². The van der Waals surface area contributed by atoms with E-state index in [1.807, 2.05) is 6.26 Å². The molecule has 0 saturated carbocycles. The van der Waals surface area contributed by atoms with Crippen molar-refractivity contribution in [1.82, 2.24) is 9.55 Å². The third kappa shape index (κ3) is 1.97. The molecule has 0 aliphatic heterocycles. The summed E-state index contributed by atoms with van der Waals surface area (Å²) in [5.74, 6) is 0.852. The molecule has 6 heteroatoms. The number of aromatic nitrogens is 2. The summed E-state index contributed by atoms with van der Waals surface area (Å²) >= 11 is 7.38. The van der Waals surface area contributed by atoms with Crippen molar-refractivity contribution >= 4 is 40.3 Å². The third-order valence-corrected chi connectivity index (χ3v) is 3.22. The number of nitrogen functional groups attached to an aromatic ring is 1. The summed E-state index contributed by atoms with van der Waals surface area (Å²) in [4.78, 5) is 4.15. The Morgan fingerprint density at radius 2 is 2.31 bits per heavy atom. The maximum Gasteiger partial charge on any atom is 0.201 e. The predicted molar refractivity (Wildman–Crippen MR) is 67.5 cm³/mol. The molecule has 3 nitrogen and oxygen atoms in total. The van der Waals surface area contributed by atoms with E-state index < -0.39 is 5.82 Å². The smallest absolute Gasteiger partial charge is 0.201 e. The second kappa shape index (κ2) is 4.51. The van der Waals surface area contributed by atoms with Gasteiger partial charge in [0.25, 0.3) is 0 Å². The van der Waals surface area contributed by atoms with Gasteiger partial charge in [-0.1, -0.05) is 11.6 Å². The van der Waals surface area contributed by atoms with E-state index in [0.29, 0.717) is 23.5 Å². The van der Waals surface area contributed by atoms with Gasteiger partial charge in [-0.3, -0.25) is 0 Å². The molecule has 0 amide bonds. The van der Waals surface area contributed by atoms with Crippen LogP contribution in [-0.2, 0) is 6.54 Å². The molecule has 0 radical (unpaired) electrons. The number of imidazole rings is 1. The van der Waals surface area contributed by atoms with E-state index >= 15 is 0 Å². The quantitative estimate of drug-likeness (QED) is 0.922. The van der Waals surface area contributed by atoms with Crippen LogP contribution < -0.4 is 5.73 Å². The molecule has 0 unspecified atom stereocenters. The standard InChI is InChI=1S/C10H11ClFN3S/c1-16-3-2-15-9-5-7(12)6(11)4-8(9)14-10(15)13/h4-5H,2-3H2,1H3,(H2,13,14). The van der Waals surface area contributed by atoms with E-state index in [1.165, 1.54) is 12.1 Å². The number of aryl methyl sites for hydroxylation is 1. The molecule has 0 saturated heterocycles. The van der Waals surface area contributed by atoms with Crippen molar-refractivity contribution in [1.29, 1.82) is 0 Å². The molecule has 0 aliphatic rings. The van der Waals surface area contributed by atoms with Crippen LogP contribution in [0.1, 0.15) is 0 Å². The van der Waals surface area contributed by atoms with Crippen LogP contribution in [0.4, 0.5) is 10.3 Å². The molecule has 0 fully saturated rings. The summed E-state index contributed by atoms with van der Waals surface area (Å²) in [6.45, 7) is 0.713. The van der Waals surface area contributed by atoms with Crippen LogP contribution in [0.15, 0.2) is 12.1 Å². The SMILES string of the molecule is CSCCn1c(N)nc2cc(Cl)c(F)cc21. The van der Waals surface area contributed by atoms with Crippen molar-refractivity contribution in [3.8, 4) is 0 Å². The van der Waals surface area contributed by atoms with Gasteiger partial charge in [-0.2, -0.15) is 11.8 Å². The van der Waals surface area contributed by atoms with Crippen LogP contribution in [0, 0.1) is 5.82 Å². The molecular weight excluding hydrogens is 249 g/mol. The topological polar surface area (TPSA) is 43.8 Å². The molecule has 0 aliphatic carbocycles. The molecule has 1 aromatic heterocycles. The first-order valence-electron chi connectivity index (χ1n) is 4.73.